The summed E-state index contributed by atoms with van der Waals surface area (Å²) in [6.45, 7) is 1.99. The second kappa shape index (κ2) is 6.06. The van der Waals surface area contributed by atoms with E-state index in [9.17, 15) is 4.79 Å². The number of hydrogen-bond acceptors (Lipinski definition) is 5. The van der Waals surface area contributed by atoms with Gasteiger partial charge in [-0.3, -0.25) is 0 Å². The van der Waals surface area contributed by atoms with Crippen LogP contribution in [0.5, 0.6) is 5.75 Å². The fourth-order valence-corrected chi connectivity index (χ4v) is 3.36. The largest absolute Gasteiger partial charge is 0.497 e. The highest BCUT2D eigenvalue weighted by Crippen LogP contribution is 2.28. The van der Waals surface area contributed by atoms with Gasteiger partial charge in [-0.1, -0.05) is 0 Å². The van der Waals surface area contributed by atoms with Crippen LogP contribution < -0.4 is 4.74 Å². The zero-order valence-corrected chi connectivity index (χ0v) is 14.3. The van der Waals surface area contributed by atoms with E-state index in [1.54, 1.807) is 42.7 Å². The van der Waals surface area contributed by atoms with Crippen molar-refractivity contribution in [2.75, 3.05) is 7.11 Å². The molecule has 1 aliphatic rings. The van der Waals surface area contributed by atoms with E-state index in [0.29, 0.717) is 22.9 Å². The van der Waals surface area contributed by atoms with Crippen molar-refractivity contribution in [3.05, 3.63) is 55.8 Å². The second-order valence-corrected chi connectivity index (χ2v) is 6.45. The van der Waals surface area contributed by atoms with Crippen molar-refractivity contribution in [3.63, 3.8) is 0 Å². The molecule has 0 spiro atoms. The number of carbonyl (C=O) groups is 1. The van der Waals surface area contributed by atoms with Crippen molar-refractivity contribution < 1.29 is 14.3 Å². The van der Waals surface area contributed by atoms with Gasteiger partial charge in [-0.15, -0.1) is 11.3 Å². The van der Waals surface area contributed by atoms with E-state index in [1.165, 1.54) is 0 Å². The third-order valence-electron chi connectivity index (χ3n) is 3.20. The molecule has 4 nitrogen and oxygen atoms in total. The van der Waals surface area contributed by atoms with Crippen molar-refractivity contribution in [2.45, 2.75) is 6.92 Å². The van der Waals surface area contributed by atoms with E-state index in [4.69, 9.17) is 9.47 Å². The lowest BCUT2D eigenvalue weighted by molar-refractivity contribution is -0.129. The Balaban J connectivity index is 1.97. The maximum Gasteiger partial charge on any atom is 0.363 e. The van der Waals surface area contributed by atoms with E-state index in [-0.39, 0.29) is 0 Å². The quantitative estimate of drug-likeness (QED) is 0.595. The van der Waals surface area contributed by atoms with Gasteiger partial charge in [-0.05, 0) is 64.1 Å². The van der Waals surface area contributed by atoms with Crippen LogP contribution in [0.3, 0.4) is 0 Å². The molecule has 22 heavy (non-hydrogen) atoms. The van der Waals surface area contributed by atoms with Crippen LogP contribution in [0.15, 0.2) is 44.8 Å². The van der Waals surface area contributed by atoms with E-state index in [1.807, 2.05) is 18.4 Å². The number of aryl methyl sites for hydroxylation is 1. The first kappa shape index (κ1) is 15.0. The molecule has 0 amide bonds. The number of nitrogens with zero attached hydrogens (tertiary/aromatic N) is 1. The molecule has 2 heterocycles. The van der Waals surface area contributed by atoms with Gasteiger partial charge >= 0.3 is 5.97 Å². The normalized spacial score (nSPS) is 15.9. The SMILES string of the molecule is COc1ccc(C2=NC(=Cc3sccc3C)C(=O)O2)c(Br)c1. The molecule has 0 saturated heterocycles. The average Bonchev–Trinajstić information content (AvgIpc) is 3.06. The van der Waals surface area contributed by atoms with Crippen LogP contribution in [0.2, 0.25) is 0 Å². The number of aliphatic imine (C=N–C) groups is 1. The van der Waals surface area contributed by atoms with Crippen molar-refractivity contribution in [3.8, 4) is 5.75 Å². The van der Waals surface area contributed by atoms with Gasteiger partial charge in [0.1, 0.15) is 5.75 Å². The van der Waals surface area contributed by atoms with Crippen molar-refractivity contribution >= 4 is 45.2 Å². The van der Waals surface area contributed by atoms with E-state index in [2.05, 4.69) is 20.9 Å². The summed E-state index contributed by atoms with van der Waals surface area (Å²) < 4.78 is 11.2. The van der Waals surface area contributed by atoms with Gasteiger partial charge in [0, 0.05) is 9.35 Å². The molecular weight excluding hydrogens is 366 g/mol. The van der Waals surface area contributed by atoms with Crippen molar-refractivity contribution in [2.24, 2.45) is 4.99 Å². The fourth-order valence-electron chi connectivity index (χ4n) is 1.98. The summed E-state index contributed by atoms with van der Waals surface area (Å²) in [5.41, 5.74) is 2.13. The van der Waals surface area contributed by atoms with Crippen LogP contribution in [-0.4, -0.2) is 19.0 Å². The van der Waals surface area contributed by atoms with Gasteiger partial charge in [0.25, 0.3) is 0 Å². The molecule has 0 aliphatic carbocycles. The molecule has 0 fully saturated rings. The lowest BCUT2D eigenvalue weighted by atomic mass is 10.2. The maximum absolute atomic E-state index is 12.0. The highest BCUT2D eigenvalue weighted by molar-refractivity contribution is 9.10. The third-order valence-corrected chi connectivity index (χ3v) is 4.82. The number of carbonyl (C=O) groups excluding carboxylic acids is 1. The Hall–Kier alpha value is -1.92. The predicted molar refractivity (Wildman–Crippen MR) is 90.4 cm³/mol. The average molecular weight is 378 g/mol. The minimum absolute atomic E-state index is 0.292. The van der Waals surface area contributed by atoms with Gasteiger partial charge < -0.3 is 9.47 Å². The van der Waals surface area contributed by atoms with Crippen LogP contribution in [0.4, 0.5) is 0 Å². The van der Waals surface area contributed by atoms with Crippen LogP contribution in [0.25, 0.3) is 6.08 Å². The second-order valence-electron chi connectivity index (χ2n) is 4.65. The first-order chi connectivity index (χ1) is 10.6. The minimum atomic E-state index is -0.439. The lowest BCUT2D eigenvalue weighted by Gasteiger charge is -2.05. The maximum atomic E-state index is 12.0. The number of ether oxygens (including phenoxy) is 2. The Bertz CT molecular complexity index is 807. The highest BCUT2D eigenvalue weighted by atomic mass is 79.9. The molecule has 0 radical (unpaired) electrons. The molecule has 0 unspecified atom stereocenters. The molecule has 1 aromatic carbocycles. The predicted octanol–water partition coefficient (Wildman–Crippen LogP) is 4.17. The van der Waals surface area contributed by atoms with Crippen LogP contribution >= 0.6 is 27.3 Å². The van der Waals surface area contributed by atoms with Gasteiger partial charge in [0.15, 0.2) is 5.70 Å². The van der Waals surface area contributed by atoms with Gasteiger partial charge in [0.2, 0.25) is 5.90 Å². The van der Waals surface area contributed by atoms with E-state index in [0.717, 1.165) is 14.9 Å². The lowest BCUT2D eigenvalue weighted by Crippen LogP contribution is -2.06. The Morgan fingerprint density at radius 1 is 1.36 bits per heavy atom. The molecule has 112 valence electrons. The standard InChI is InChI=1S/C16H12BrNO3S/c1-9-5-6-22-14(9)8-13-16(19)21-15(18-13)11-4-3-10(20-2)7-12(11)17/h3-8H,1-2H3. The van der Waals surface area contributed by atoms with Crippen LogP contribution in [-0.2, 0) is 9.53 Å². The van der Waals surface area contributed by atoms with Crippen LogP contribution in [0, 0.1) is 6.92 Å². The van der Waals surface area contributed by atoms with Gasteiger partial charge in [0.05, 0.1) is 12.7 Å². The molecule has 6 heteroatoms. The van der Waals surface area contributed by atoms with Gasteiger partial charge in [-0.25, -0.2) is 9.79 Å². The Morgan fingerprint density at radius 2 is 2.18 bits per heavy atom. The van der Waals surface area contributed by atoms with Crippen molar-refractivity contribution in [1.82, 2.24) is 0 Å². The number of esters is 1. The number of hydrogen-bond donors (Lipinski definition) is 0. The summed E-state index contributed by atoms with van der Waals surface area (Å²) >= 11 is 5.00. The van der Waals surface area contributed by atoms with Crippen LogP contribution in [0.1, 0.15) is 16.0 Å². The zero-order valence-electron chi connectivity index (χ0n) is 11.9. The van der Waals surface area contributed by atoms with Gasteiger partial charge in [-0.2, -0.15) is 0 Å². The monoisotopic (exact) mass is 377 g/mol. The molecule has 0 atom stereocenters. The molecular formula is C16H12BrNO3S. The number of thiophene rings is 1. The Morgan fingerprint density at radius 3 is 2.82 bits per heavy atom. The summed E-state index contributed by atoms with van der Waals surface area (Å²) in [5.74, 6) is 0.566. The minimum Gasteiger partial charge on any atom is -0.497 e. The number of rotatable bonds is 3. The number of halogens is 1. The Labute approximate surface area is 140 Å². The fraction of sp³-hybridized carbons (Fsp3) is 0.125. The number of cyclic esters (lactones) is 1. The first-order valence-corrected chi connectivity index (χ1v) is 8.16. The zero-order chi connectivity index (χ0) is 15.7. The summed E-state index contributed by atoms with van der Waals surface area (Å²) in [5, 5.41) is 1.98. The smallest absolute Gasteiger partial charge is 0.363 e. The molecule has 0 saturated carbocycles. The summed E-state index contributed by atoms with van der Waals surface area (Å²) in [4.78, 5) is 17.3. The summed E-state index contributed by atoms with van der Waals surface area (Å²) in [6, 6.07) is 7.40. The third kappa shape index (κ3) is 2.84. The Kier molecular flexibility index (Phi) is 4.13. The number of benzene rings is 1. The van der Waals surface area contributed by atoms with E-state index < -0.39 is 5.97 Å². The topological polar surface area (TPSA) is 47.9 Å². The highest BCUT2D eigenvalue weighted by Gasteiger charge is 2.25. The molecule has 2 aromatic rings. The molecule has 1 aromatic heterocycles. The van der Waals surface area contributed by atoms with Crippen molar-refractivity contribution in [1.29, 1.82) is 0 Å². The first-order valence-electron chi connectivity index (χ1n) is 6.49. The van der Waals surface area contributed by atoms with E-state index >= 15 is 0 Å². The molecule has 1 aliphatic heterocycles. The molecule has 3 rings (SSSR count). The number of methoxy groups -OCH3 is 1. The molecule has 0 N–H and O–H groups in total. The summed E-state index contributed by atoms with van der Waals surface area (Å²) in [6.07, 6.45) is 1.76. The summed E-state index contributed by atoms with van der Waals surface area (Å²) in [7, 11) is 1.60. The molecule has 0 bridgehead atoms.